The summed E-state index contributed by atoms with van der Waals surface area (Å²) in [5.74, 6) is 1.27. The molecule has 2 atom stereocenters. The Kier molecular flexibility index (Phi) is 5.44. The molecule has 112 valence electrons. The molecule has 3 nitrogen and oxygen atoms in total. The molecular weight excluding hydrogens is 250 g/mol. The molecule has 0 bridgehead atoms. The molecule has 1 aliphatic carbocycles. The molecule has 0 saturated heterocycles. The van der Waals surface area contributed by atoms with Crippen molar-refractivity contribution in [3.8, 4) is 5.75 Å². The lowest BCUT2D eigenvalue weighted by Gasteiger charge is -2.32. The minimum Gasteiger partial charge on any atom is -0.496 e. The number of aryl methyl sites for hydroxylation is 1. The smallest absolute Gasteiger partial charge is 0.122 e. The summed E-state index contributed by atoms with van der Waals surface area (Å²) in [6, 6.07) is 6.14. The fourth-order valence-corrected chi connectivity index (χ4v) is 3.34. The predicted molar refractivity (Wildman–Crippen MR) is 82.1 cm³/mol. The molecule has 0 spiro atoms. The van der Waals surface area contributed by atoms with Crippen LogP contribution in [0.2, 0.25) is 0 Å². The number of hydrogen-bond donors (Lipinski definition) is 2. The van der Waals surface area contributed by atoms with Crippen molar-refractivity contribution in [1.29, 1.82) is 0 Å². The van der Waals surface area contributed by atoms with Gasteiger partial charge in [-0.1, -0.05) is 31.4 Å². The van der Waals surface area contributed by atoms with Crippen molar-refractivity contribution in [3.05, 3.63) is 29.3 Å². The summed E-state index contributed by atoms with van der Waals surface area (Å²) in [4.78, 5) is 0. The molecule has 1 aliphatic rings. The molecule has 1 aromatic carbocycles. The third-order valence-corrected chi connectivity index (χ3v) is 4.66. The highest BCUT2D eigenvalue weighted by Gasteiger charge is 2.29. The summed E-state index contributed by atoms with van der Waals surface area (Å²) in [7, 11) is 1.68. The predicted octanol–water partition coefficient (Wildman–Crippen LogP) is 2.99. The van der Waals surface area contributed by atoms with E-state index in [2.05, 4.69) is 6.07 Å². The summed E-state index contributed by atoms with van der Waals surface area (Å²) < 4.78 is 5.38. The van der Waals surface area contributed by atoms with Crippen LogP contribution < -0.4 is 10.5 Å². The first kappa shape index (κ1) is 15.3. The summed E-state index contributed by atoms with van der Waals surface area (Å²) in [6.45, 7) is 2.50. The third-order valence-electron chi connectivity index (χ3n) is 4.66. The monoisotopic (exact) mass is 277 g/mol. The molecule has 0 aliphatic heterocycles. The lowest BCUT2D eigenvalue weighted by molar-refractivity contribution is 0.0623. The Bertz CT molecular complexity index is 427. The molecule has 0 aromatic heterocycles. The van der Waals surface area contributed by atoms with E-state index in [9.17, 15) is 5.11 Å². The SMILES string of the molecule is COc1cc(C(CN)C(O)C2CCCCC2)ccc1C. The van der Waals surface area contributed by atoms with Crippen LogP contribution in [0.3, 0.4) is 0 Å². The zero-order chi connectivity index (χ0) is 14.5. The van der Waals surface area contributed by atoms with Gasteiger partial charge < -0.3 is 15.6 Å². The fraction of sp³-hybridized carbons (Fsp3) is 0.647. The zero-order valence-electron chi connectivity index (χ0n) is 12.6. The molecular formula is C17H27NO2. The Balaban J connectivity index is 2.18. The van der Waals surface area contributed by atoms with Gasteiger partial charge in [0.15, 0.2) is 0 Å². The van der Waals surface area contributed by atoms with Crippen LogP contribution in [0.15, 0.2) is 18.2 Å². The Hall–Kier alpha value is -1.06. The molecule has 3 heteroatoms. The topological polar surface area (TPSA) is 55.5 Å². The molecule has 2 unspecified atom stereocenters. The van der Waals surface area contributed by atoms with Crippen molar-refractivity contribution < 1.29 is 9.84 Å². The second-order valence-corrected chi connectivity index (χ2v) is 5.96. The molecule has 1 saturated carbocycles. The van der Waals surface area contributed by atoms with E-state index in [0.29, 0.717) is 12.5 Å². The van der Waals surface area contributed by atoms with E-state index in [4.69, 9.17) is 10.5 Å². The van der Waals surface area contributed by atoms with Gasteiger partial charge in [0.25, 0.3) is 0 Å². The van der Waals surface area contributed by atoms with E-state index >= 15 is 0 Å². The maximum atomic E-state index is 10.7. The van der Waals surface area contributed by atoms with Gasteiger partial charge in [-0.05, 0) is 42.9 Å². The molecule has 1 fully saturated rings. The first-order valence-corrected chi connectivity index (χ1v) is 7.70. The molecule has 1 aromatic rings. The summed E-state index contributed by atoms with van der Waals surface area (Å²) in [6.07, 6.45) is 5.68. The van der Waals surface area contributed by atoms with Gasteiger partial charge in [-0.3, -0.25) is 0 Å². The minimum absolute atomic E-state index is 0.00704. The summed E-state index contributed by atoms with van der Waals surface area (Å²) in [5.41, 5.74) is 8.14. The number of ether oxygens (including phenoxy) is 1. The van der Waals surface area contributed by atoms with Gasteiger partial charge in [0.2, 0.25) is 0 Å². The Morgan fingerprint density at radius 3 is 2.60 bits per heavy atom. The molecule has 3 N–H and O–H groups in total. The van der Waals surface area contributed by atoms with Gasteiger partial charge in [0.05, 0.1) is 13.2 Å². The Morgan fingerprint density at radius 2 is 2.00 bits per heavy atom. The highest BCUT2D eigenvalue weighted by molar-refractivity contribution is 5.38. The van der Waals surface area contributed by atoms with Crippen LogP contribution in [0.5, 0.6) is 5.75 Å². The molecule has 20 heavy (non-hydrogen) atoms. The van der Waals surface area contributed by atoms with Crippen molar-refractivity contribution in [2.45, 2.75) is 51.0 Å². The number of benzene rings is 1. The lowest BCUT2D eigenvalue weighted by atomic mass is 9.78. The number of aliphatic hydroxyl groups excluding tert-OH is 1. The maximum absolute atomic E-state index is 10.7. The largest absolute Gasteiger partial charge is 0.496 e. The molecule has 0 amide bonds. The first-order valence-electron chi connectivity index (χ1n) is 7.70. The van der Waals surface area contributed by atoms with Crippen LogP contribution in [-0.4, -0.2) is 24.9 Å². The average molecular weight is 277 g/mol. The second-order valence-electron chi connectivity index (χ2n) is 5.96. The quantitative estimate of drug-likeness (QED) is 0.870. The van der Waals surface area contributed by atoms with E-state index in [1.807, 2.05) is 19.1 Å². The van der Waals surface area contributed by atoms with E-state index in [-0.39, 0.29) is 12.0 Å². The average Bonchev–Trinajstić information content (AvgIpc) is 2.50. The van der Waals surface area contributed by atoms with Crippen LogP contribution in [0.4, 0.5) is 0 Å². The van der Waals surface area contributed by atoms with Gasteiger partial charge in [-0.25, -0.2) is 0 Å². The number of aliphatic hydroxyl groups is 1. The van der Waals surface area contributed by atoms with Crippen LogP contribution in [0.1, 0.15) is 49.1 Å². The number of methoxy groups -OCH3 is 1. The van der Waals surface area contributed by atoms with Crippen molar-refractivity contribution in [2.75, 3.05) is 13.7 Å². The van der Waals surface area contributed by atoms with Crippen LogP contribution in [-0.2, 0) is 0 Å². The minimum atomic E-state index is -0.340. The molecule has 2 rings (SSSR count). The lowest BCUT2D eigenvalue weighted by Crippen LogP contribution is -2.33. The first-order chi connectivity index (χ1) is 9.67. The van der Waals surface area contributed by atoms with Crippen molar-refractivity contribution in [2.24, 2.45) is 11.7 Å². The maximum Gasteiger partial charge on any atom is 0.122 e. The standard InChI is InChI=1S/C17H27NO2/c1-12-8-9-14(10-16(12)20-2)15(11-18)17(19)13-6-4-3-5-7-13/h8-10,13,15,17,19H,3-7,11,18H2,1-2H3. The third kappa shape index (κ3) is 3.33. The van der Waals surface area contributed by atoms with Gasteiger partial charge in [0.1, 0.15) is 5.75 Å². The van der Waals surface area contributed by atoms with Crippen molar-refractivity contribution in [1.82, 2.24) is 0 Å². The summed E-state index contributed by atoms with van der Waals surface area (Å²) in [5, 5.41) is 10.7. The Labute approximate surface area is 122 Å². The van der Waals surface area contributed by atoms with E-state index < -0.39 is 0 Å². The second kappa shape index (κ2) is 7.09. The highest BCUT2D eigenvalue weighted by Crippen LogP contribution is 2.34. The highest BCUT2D eigenvalue weighted by atomic mass is 16.5. The Morgan fingerprint density at radius 1 is 1.30 bits per heavy atom. The molecule has 0 radical (unpaired) electrons. The normalized spacial score (nSPS) is 19.6. The van der Waals surface area contributed by atoms with Crippen molar-refractivity contribution >= 4 is 0 Å². The van der Waals surface area contributed by atoms with Crippen LogP contribution in [0, 0.1) is 12.8 Å². The van der Waals surface area contributed by atoms with E-state index in [1.165, 1.54) is 19.3 Å². The van der Waals surface area contributed by atoms with Gasteiger partial charge in [-0.15, -0.1) is 0 Å². The molecule has 0 heterocycles. The fourth-order valence-electron chi connectivity index (χ4n) is 3.34. The van der Waals surface area contributed by atoms with Crippen LogP contribution >= 0.6 is 0 Å². The van der Waals surface area contributed by atoms with Crippen LogP contribution in [0.25, 0.3) is 0 Å². The van der Waals surface area contributed by atoms with Crippen molar-refractivity contribution in [3.63, 3.8) is 0 Å². The number of nitrogens with two attached hydrogens (primary N) is 1. The van der Waals surface area contributed by atoms with Gasteiger partial charge in [-0.2, -0.15) is 0 Å². The summed E-state index contributed by atoms with van der Waals surface area (Å²) >= 11 is 0. The van der Waals surface area contributed by atoms with Gasteiger partial charge >= 0.3 is 0 Å². The van der Waals surface area contributed by atoms with E-state index in [1.54, 1.807) is 7.11 Å². The van der Waals surface area contributed by atoms with Gasteiger partial charge in [0, 0.05) is 12.5 Å². The number of rotatable bonds is 5. The zero-order valence-corrected chi connectivity index (χ0v) is 12.6. The number of hydrogen-bond acceptors (Lipinski definition) is 3. The van der Waals surface area contributed by atoms with E-state index in [0.717, 1.165) is 29.7 Å².